The van der Waals surface area contributed by atoms with E-state index in [-0.39, 0.29) is 28.9 Å². The first kappa shape index (κ1) is 15.3. The molecule has 2 aliphatic heterocycles. The van der Waals surface area contributed by atoms with Gasteiger partial charge in [-0.25, -0.2) is 4.39 Å². The maximum Gasteiger partial charge on any atom is 0.312 e. The molecule has 3 heterocycles. The Kier molecular flexibility index (Phi) is 3.85. The number of fused-ring (bicyclic) bond motifs is 1. The molecular weight excluding hydrogens is 315 g/mol. The molecule has 24 heavy (non-hydrogen) atoms. The van der Waals surface area contributed by atoms with E-state index in [1.165, 1.54) is 6.07 Å². The SMILES string of the molecule is Nc1nnc([C@@]23COC[C@@H]2CN(CCOc2ccccc2F)C3)o1. The van der Waals surface area contributed by atoms with Gasteiger partial charge in [0.1, 0.15) is 6.61 Å². The Balaban J connectivity index is 1.39. The van der Waals surface area contributed by atoms with E-state index < -0.39 is 0 Å². The van der Waals surface area contributed by atoms with Crippen molar-refractivity contribution in [2.45, 2.75) is 5.41 Å². The maximum atomic E-state index is 13.6. The fourth-order valence-corrected chi connectivity index (χ4v) is 3.59. The number of likely N-dealkylation sites (tertiary alicyclic amines) is 1. The molecule has 2 N–H and O–H groups in total. The van der Waals surface area contributed by atoms with Crippen molar-refractivity contribution in [3.63, 3.8) is 0 Å². The summed E-state index contributed by atoms with van der Waals surface area (Å²) in [5.41, 5.74) is 5.27. The van der Waals surface area contributed by atoms with Crippen LogP contribution in [0.4, 0.5) is 10.4 Å². The van der Waals surface area contributed by atoms with Gasteiger partial charge in [-0.3, -0.25) is 4.90 Å². The Morgan fingerprint density at radius 3 is 3.04 bits per heavy atom. The van der Waals surface area contributed by atoms with Crippen molar-refractivity contribution in [1.29, 1.82) is 0 Å². The summed E-state index contributed by atoms with van der Waals surface area (Å²) in [6.45, 7) is 3.90. The van der Waals surface area contributed by atoms with Gasteiger partial charge in [-0.15, -0.1) is 5.10 Å². The highest BCUT2D eigenvalue weighted by Crippen LogP contribution is 2.43. The minimum Gasteiger partial charge on any atom is -0.489 e. The summed E-state index contributed by atoms with van der Waals surface area (Å²) >= 11 is 0. The first-order valence-electron chi connectivity index (χ1n) is 7.94. The number of nitrogens with two attached hydrogens (primary N) is 1. The molecule has 0 spiro atoms. The van der Waals surface area contributed by atoms with Crippen molar-refractivity contribution in [3.8, 4) is 5.75 Å². The smallest absolute Gasteiger partial charge is 0.312 e. The number of nitrogen functional groups attached to an aromatic ring is 1. The largest absolute Gasteiger partial charge is 0.489 e. The lowest BCUT2D eigenvalue weighted by Crippen LogP contribution is -2.36. The first-order valence-corrected chi connectivity index (χ1v) is 7.94. The quantitative estimate of drug-likeness (QED) is 0.875. The summed E-state index contributed by atoms with van der Waals surface area (Å²) in [6.07, 6.45) is 0. The molecule has 0 aliphatic carbocycles. The molecule has 1 aromatic heterocycles. The molecule has 128 valence electrons. The Bertz CT molecular complexity index is 725. The van der Waals surface area contributed by atoms with Crippen LogP contribution in [0, 0.1) is 11.7 Å². The second kappa shape index (κ2) is 6.03. The third kappa shape index (κ3) is 2.61. The number of aromatic nitrogens is 2. The predicted octanol–water partition coefficient (Wildman–Crippen LogP) is 1.07. The topological polar surface area (TPSA) is 86.6 Å². The van der Waals surface area contributed by atoms with Gasteiger partial charge >= 0.3 is 6.01 Å². The van der Waals surface area contributed by atoms with Crippen LogP contribution in [-0.4, -0.2) is 54.6 Å². The van der Waals surface area contributed by atoms with Crippen molar-refractivity contribution in [2.24, 2.45) is 5.92 Å². The Morgan fingerprint density at radius 1 is 1.38 bits per heavy atom. The molecule has 2 atom stereocenters. The third-order valence-corrected chi connectivity index (χ3v) is 4.81. The van der Waals surface area contributed by atoms with Crippen LogP contribution in [-0.2, 0) is 10.2 Å². The molecule has 2 saturated heterocycles. The van der Waals surface area contributed by atoms with Crippen LogP contribution in [0.15, 0.2) is 28.7 Å². The van der Waals surface area contributed by atoms with E-state index in [0.29, 0.717) is 32.3 Å². The number of nitrogens with zero attached hydrogens (tertiary/aromatic N) is 3. The van der Waals surface area contributed by atoms with E-state index in [1.807, 2.05) is 0 Å². The van der Waals surface area contributed by atoms with E-state index in [4.69, 9.17) is 19.6 Å². The van der Waals surface area contributed by atoms with Gasteiger partial charge in [-0.05, 0) is 12.1 Å². The Labute approximate surface area is 138 Å². The van der Waals surface area contributed by atoms with Gasteiger partial charge in [0.15, 0.2) is 11.6 Å². The number of ether oxygens (including phenoxy) is 2. The van der Waals surface area contributed by atoms with Crippen LogP contribution in [0.2, 0.25) is 0 Å². The van der Waals surface area contributed by atoms with Gasteiger partial charge in [0.25, 0.3) is 0 Å². The zero-order valence-corrected chi connectivity index (χ0v) is 13.2. The van der Waals surface area contributed by atoms with Crippen LogP contribution in [0.5, 0.6) is 5.75 Å². The number of anilines is 1. The van der Waals surface area contributed by atoms with Crippen LogP contribution in [0.3, 0.4) is 0 Å². The molecular formula is C16H19FN4O3. The van der Waals surface area contributed by atoms with Crippen molar-refractivity contribution < 1.29 is 18.3 Å². The average molecular weight is 334 g/mol. The van der Waals surface area contributed by atoms with Crippen molar-refractivity contribution >= 4 is 6.01 Å². The molecule has 7 nitrogen and oxygen atoms in total. The van der Waals surface area contributed by atoms with E-state index in [0.717, 1.165) is 13.1 Å². The molecule has 2 aromatic rings. The van der Waals surface area contributed by atoms with E-state index in [1.54, 1.807) is 18.2 Å². The van der Waals surface area contributed by atoms with Gasteiger partial charge in [-0.2, -0.15) is 0 Å². The van der Waals surface area contributed by atoms with Crippen molar-refractivity contribution in [1.82, 2.24) is 15.1 Å². The maximum absolute atomic E-state index is 13.6. The fraction of sp³-hybridized carbons (Fsp3) is 0.500. The average Bonchev–Trinajstić information content (AvgIpc) is 3.23. The molecule has 0 unspecified atom stereocenters. The molecule has 0 amide bonds. The molecule has 0 saturated carbocycles. The highest BCUT2D eigenvalue weighted by Gasteiger charge is 2.55. The summed E-state index contributed by atoms with van der Waals surface area (Å²) in [7, 11) is 0. The van der Waals surface area contributed by atoms with Crippen LogP contribution in [0.25, 0.3) is 0 Å². The minimum absolute atomic E-state index is 0.0753. The second-order valence-electron chi connectivity index (χ2n) is 6.33. The number of hydrogen-bond donors (Lipinski definition) is 1. The summed E-state index contributed by atoms with van der Waals surface area (Å²) in [5, 5.41) is 7.85. The fourth-order valence-electron chi connectivity index (χ4n) is 3.59. The van der Waals surface area contributed by atoms with Gasteiger partial charge in [0, 0.05) is 25.6 Å². The highest BCUT2D eigenvalue weighted by atomic mass is 19.1. The van der Waals surface area contributed by atoms with Gasteiger partial charge in [0.2, 0.25) is 5.89 Å². The molecule has 2 aliphatic rings. The molecule has 0 bridgehead atoms. The van der Waals surface area contributed by atoms with Gasteiger partial charge < -0.3 is 19.6 Å². The van der Waals surface area contributed by atoms with Crippen LogP contribution in [0.1, 0.15) is 5.89 Å². The summed E-state index contributed by atoms with van der Waals surface area (Å²) < 4.78 is 30.2. The Morgan fingerprint density at radius 2 is 2.25 bits per heavy atom. The lowest BCUT2D eigenvalue weighted by molar-refractivity contribution is 0.135. The van der Waals surface area contributed by atoms with Crippen molar-refractivity contribution in [3.05, 3.63) is 36.0 Å². The van der Waals surface area contributed by atoms with Crippen LogP contribution < -0.4 is 10.5 Å². The normalized spacial score (nSPS) is 26.6. The lowest BCUT2D eigenvalue weighted by atomic mass is 9.81. The summed E-state index contributed by atoms with van der Waals surface area (Å²) in [5.74, 6) is 0.757. The lowest BCUT2D eigenvalue weighted by Gasteiger charge is -2.23. The third-order valence-electron chi connectivity index (χ3n) is 4.81. The van der Waals surface area contributed by atoms with E-state index >= 15 is 0 Å². The number of hydrogen-bond acceptors (Lipinski definition) is 7. The molecule has 2 fully saturated rings. The van der Waals surface area contributed by atoms with E-state index in [9.17, 15) is 4.39 Å². The molecule has 0 radical (unpaired) electrons. The summed E-state index contributed by atoms with van der Waals surface area (Å²) in [4.78, 5) is 2.26. The number of halogens is 1. The zero-order valence-electron chi connectivity index (χ0n) is 13.2. The number of para-hydroxylation sites is 1. The highest BCUT2D eigenvalue weighted by molar-refractivity contribution is 5.23. The number of rotatable bonds is 5. The second-order valence-corrected chi connectivity index (χ2v) is 6.33. The van der Waals surface area contributed by atoms with Crippen molar-refractivity contribution in [2.75, 3.05) is 45.2 Å². The molecule has 1 aromatic carbocycles. The first-order chi connectivity index (χ1) is 11.7. The van der Waals surface area contributed by atoms with Gasteiger partial charge in [0.05, 0.1) is 18.6 Å². The van der Waals surface area contributed by atoms with Crippen LogP contribution >= 0.6 is 0 Å². The Hall–Kier alpha value is -2.19. The standard InChI is InChI=1S/C16H19FN4O3/c17-12-3-1-2-4-13(12)23-6-5-21-7-11-8-22-10-16(11,9-21)14-19-20-15(18)24-14/h1-4,11H,5-10H2,(H2,18,20)/t11-,16-/m0/s1. The minimum atomic E-state index is -0.345. The molecule has 4 rings (SSSR count). The molecule has 8 heteroatoms. The van der Waals surface area contributed by atoms with Gasteiger partial charge in [-0.1, -0.05) is 17.2 Å². The predicted molar refractivity (Wildman–Crippen MR) is 83.0 cm³/mol. The summed E-state index contributed by atoms with van der Waals surface area (Å²) in [6, 6.07) is 6.49. The monoisotopic (exact) mass is 334 g/mol. The van der Waals surface area contributed by atoms with E-state index in [2.05, 4.69) is 15.1 Å². The number of benzene rings is 1. The zero-order chi connectivity index (χ0) is 16.6.